The van der Waals surface area contributed by atoms with Crippen molar-refractivity contribution < 1.29 is 9.47 Å². The van der Waals surface area contributed by atoms with E-state index in [1.807, 2.05) is 54.7 Å². The fraction of sp³-hybridized carbons (Fsp3) is 0.250. The molecule has 0 saturated heterocycles. The van der Waals surface area contributed by atoms with Gasteiger partial charge in [0.25, 0.3) is 0 Å². The van der Waals surface area contributed by atoms with Gasteiger partial charge < -0.3 is 15.2 Å². The molecule has 0 unspecified atom stereocenters. The highest BCUT2D eigenvalue weighted by atomic mass is 16.5. The fourth-order valence-electron chi connectivity index (χ4n) is 4.18. The summed E-state index contributed by atoms with van der Waals surface area (Å²) in [6.07, 6.45) is 9.31. The Morgan fingerprint density at radius 2 is 1.23 bits per heavy atom. The molecule has 4 rings (SSSR count). The van der Waals surface area contributed by atoms with Crippen LogP contribution >= 0.6 is 0 Å². The lowest BCUT2D eigenvalue weighted by Gasteiger charge is -2.11. The molecule has 4 aromatic carbocycles. The number of benzene rings is 4. The molecule has 0 saturated carbocycles. The molecule has 2 N–H and O–H groups in total. The summed E-state index contributed by atoms with van der Waals surface area (Å²) in [5, 5.41) is 0. The summed E-state index contributed by atoms with van der Waals surface area (Å²) in [5.74, 6) is 1.81. The summed E-state index contributed by atoms with van der Waals surface area (Å²) >= 11 is 0. The van der Waals surface area contributed by atoms with E-state index in [0.29, 0.717) is 0 Å². The van der Waals surface area contributed by atoms with Crippen LogP contribution in [0.5, 0.6) is 11.5 Å². The Bertz CT molecular complexity index is 1350. The zero-order chi connectivity index (χ0) is 28.0. The van der Waals surface area contributed by atoms with E-state index in [1.54, 1.807) is 0 Å². The molecule has 0 aromatic heterocycles. The number of unbranched alkanes of at least 4 members (excludes halogenated alkanes) is 2. The normalized spacial score (nSPS) is 11.6. The zero-order valence-corrected chi connectivity index (χ0v) is 23.7. The monoisotopic (exact) mass is 532 g/mol. The van der Waals surface area contributed by atoms with Crippen LogP contribution in [0.4, 0.5) is 11.4 Å². The highest BCUT2D eigenvalue weighted by Gasteiger charge is 2.06. The molecular formula is C36H40N2O2. The average Bonchev–Trinajstić information content (AvgIpc) is 2.99. The van der Waals surface area contributed by atoms with E-state index in [-0.39, 0.29) is 0 Å². The zero-order valence-electron chi connectivity index (χ0n) is 23.7. The first-order chi connectivity index (χ1) is 19.6. The molecule has 0 atom stereocenters. The molecule has 0 fully saturated rings. The summed E-state index contributed by atoms with van der Waals surface area (Å²) in [4.78, 5) is 4.69. The summed E-state index contributed by atoms with van der Waals surface area (Å²) < 4.78 is 11.6. The highest BCUT2D eigenvalue weighted by molar-refractivity contribution is 5.84. The molecule has 40 heavy (non-hydrogen) atoms. The second-order valence-corrected chi connectivity index (χ2v) is 9.94. The molecule has 0 amide bonds. The first-order valence-electron chi connectivity index (χ1n) is 14.3. The minimum Gasteiger partial charge on any atom is -0.494 e. The van der Waals surface area contributed by atoms with Crippen molar-refractivity contribution in [1.29, 1.82) is 0 Å². The molecule has 0 aliphatic carbocycles. The smallest absolute Gasteiger partial charge is 0.119 e. The Balaban J connectivity index is 1.49. The maximum absolute atomic E-state index is 5.92. The Labute approximate surface area is 239 Å². The quantitative estimate of drug-likeness (QED) is 0.0762. The van der Waals surface area contributed by atoms with Crippen molar-refractivity contribution in [2.45, 2.75) is 46.0 Å². The van der Waals surface area contributed by atoms with E-state index in [4.69, 9.17) is 15.2 Å². The lowest BCUT2D eigenvalue weighted by Crippen LogP contribution is -1.96. The topological polar surface area (TPSA) is 56.8 Å². The van der Waals surface area contributed by atoms with Gasteiger partial charge in [-0.1, -0.05) is 69.2 Å². The molecule has 0 aliphatic heterocycles. The number of allylic oxidation sites excluding steroid dienone is 1. The SMILES string of the molecule is CCCCOc1ccc(C=Nc2ccc(C(=Cc3ccc(OCCCC)cc3)Cc3ccc(N)cc3)cc2)cc1. The standard InChI is InChI=1S/C36H40N2O2/c1-3-5-23-39-35-19-9-29(10-20-35)26-32(25-28-7-15-33(37)16-8-28)31-13-17-34(18-14-31)38-27-30-11-21-36(22-12-30)40-24-6-4-2/h7-22,26-27H,3-6,23-25,37H2,1-2H3. The number of hydrogen-bond acceptors (Lipinski definition) is 4. The second-order valence-electron chi connectivity index (χ2n) is 9.94. The van der Waals surface area contributed by atoms with E-state index < -0.39 is 0 Å². The van der Waals surface area contributed by atoms with E-state index in [1.165, 1.54) is 11.1 Å². The third-order valence-corrected chi connectivity index (χ3v) is 6.61. The van der Waals surface area contributed by atoms with Crippen LogP contribution in [-0.4, -0.2) is 19.4 Å². The molecule has 0 bridgehead atoms. The maximum atomic E-state index is 5.92. The van der Waals surface area contributed by atoms with Crippen molar-refractivity contribution in [1.82, 2.24) is 0 Å². The average molecular weight is 533 g/mol. The molecule has 0 aliphatic rings. The van der Waals surface area contributed by atoms with Crippen LogP contribution in [0.25, 0.3) is 11.6 Å². The van der Waals surface area contributed by atoms with Crippen molar-refractivity contribution in [3.05, 3.63) is 119 Å². The summed E-state index contributed by atoms with van der Waals surface area (Å²) in [7, 11) is 0. The third-order valence-electron chi connectivity index (χ3n) is 6.61. The van der Waals surface area contributed by atoms with Gasteiger partial charge in [0, 0.05) is 11.9 Å². The Kier molecular flexibility index (Phi) is 11.0. The molecule has 0 radical (unpaired) electrons. The number of anilines is 1. The van der Waals surface area contributed by atoms with Gasteiger partial charge in [0.1, 0.15) is 11.5 Å². The van der Waals surface area contributed by atoms with Gasteiger partial charge in [-0.25, -0.2) is 0 Å². The first-order valence-corrected chi connectivity index (χ1v) is 14.3. The number of aliphatic imine (C=N–C) groups is 1. The van der Waals surface area contributed by atoms with Crippen LogP contribution in [0.15, 0.2) is 102 Å². The van der Waals surface area contributed by atoms with E-state index in [9.17, 15) is 0 Å². The highest BCUT2D eigenvalue weighted by Crippen LogP contribution is 2.26. The van der Waals surface area contributed by atoms with Crippen LogP contribution in [0.3, 0.4) is 0 Å². The van der Waals surface area contributed by atoms with Crippen molar-refractivity contribution in [2.24, 2.45) is 4.99 Å². The largest absolute Gasteiger partial charge is 0.494 e. The van der Waals surface area contributed by atoms with Crippen molar-refractivity contribution in [2.75, 3.05) is 18.9 Å². The summed E-state index contributed by atoms with van der Waals surface area (Å²) in [6.45, 7) is 5.84. The molecular weight excluding hydrogens is 492 g/mol. The Hall–Kier alpha value is -4.31. The van der Waals surface area contributed by atoms with Crippen LogP contribution in [0.2, 0.25) is 0 Å². The summed E-state index contributed by atoms with van der Waals surface area (Å²) in [5.41, 5.74) is 13.4. The van der Waals surface area contributed by atoms with E-state index in [2.05, 4.69) is 73.4 Å². The minimum atomic E-state index is 0.752. The number of rotatable bonds is 14. The number of ether oxygens (including phenoxy) is 2. The third kappa shape index (κ3) is 9.16. The summed E-state index contributed by atoms with van der Waals surface area (Å²) in [6, 6.07) is 32.9. The van der Waals surface area contributed by atoms with E-state index in [0.717, 1.165) is 84.9 Å². The Morgan fingerprint density at radius 3 is 1.77 bits per heavy atom. The van der Waals surface area contributed by atoms with Gasteiger partial charge in [0.15, 0.2) is 0 Å². The van der Waals surface area contributed by atoms with Gasteiger partial charge in [0.05, 0.1) is 18.9 Å². The molecule has 4 aromatic rings. The Morgan fingerprint density at radius 1 is 0.675 bits per heavy atom. The van der Waals surface area contributed by atoms with Gasteiger partial charge in [0.2, 0.25) is 0 Å². The number of nitrogens with zero attached hydrogens (tertiary/aromatic N) is 1. The predicted molar refractivity (Wildman–Crippen MR) is 170 cm³/mol. The van der Waals surface area contributed by atoms with Crippen molar-refractivity contribution >= 4 is 29.2 Å². The molecule has 4 heteroatoms. The van der Waals surface area contributed by atoms with Gasteiger partial charge in [-0.3, -0.25) is 4.99 Å². The van der Waals surface area contributed by atoms with Crippen LogP contribution in [0.1, 0.15) is 61.8 Å². The minimum absolute atomic E-state index is 0.752. The molecule has 4 nitrogen and oxygen atoms in total. The predicted octanol–water partition coefficient (Wildman–Crippen LogP) is 9.16. The maximum Gasteiger partial charge on any atom is 0.119 e. The van der Waals surface area contributed by atoms with Gasteiger partial charge in [-0.05, 0) is 108 Å². The van der Waals surface area contributed by atoms with Crippen LogP contribution in [-0.2, 0) is 6.42 Å². The van der Waals surface area contributed by atoms with Crippen molar-refractivity contribution in [3.63, 3.8) is 0 Å². The number of nitrogen functional groups attached to an aromatic ring is 1. The van der Waals surface area contributed by atoms with Gasteiger partial charge >= 0.3 is 0 Å². The van der Waals surface area contributed by atoms with Crippen LogP contribution < -0.4 is 15.2 Å². The molecule has 0 spiro atoms. The van der Waals surface area contributed by atoms with Gasteiger partial charge in [-0.15, -0.1) is 0 Å². The number of nitrogens with two attached hydrogens (primary N) is 1. The lowest BCUT2D eigenvalue weighted by molar-refractivity contribution is 0.309. The van der Waals surface area contributed by atoms with E-state index >= 15 is 0 Å². The first kappa shape index (κ1) is 28.7. The second kappa shape index (κ2) is 15.3. The fourth-order valence-corrected chi connectivity index (χ4v) is 4.18. The van der Waals surface area contributed by atoms with Gasteiger partial charge in [-0.2, -0.15) is 0 Å². The van der Waals surface area contributed by atoms with Crippen molar-refractivity contribution in [3.8, 4) is 11.5 Å². The molecule has 0 heterocycles. The molecule has 206 valence electrons. The lowest BCUT2D eigenvalue weighted by atomic mass is 9.95. The van der Waals surface area contributed by atoms with Crippen LogP contribution in [0, 0.1) is 0 Å². The number of hydrogen-bond donors (Lipinski definition) is 1.